The summed E-state index contributed by atoms with van der Waals surface area (Å²) in [6.07, 6.45) is 0.911. The number of aromatic hydroxyl groups is 2. The van der Waals surface area contributed by atoms with Gasteiger partial charge < -0.3 is 10.2 Å². The Morgan fingerprint density at radius 2 is 1.25 bits per heavy atom. The molecule has 0 bridgehead atoms. The Hall–Kier alpha value is -1.96. The lowest BCUT2D eigenvalue weighted by Crippen LogP contribution is -2.20. The van der Waals surface area contributed by atoms with Crippen LogP contribution in [0.1, 0.15) is 37.8 Å². The van der Waals surface area contributed by atoms with E-state index in [-0.39, 0.29) is 5.41 Å². The summed E-state index contributed by atoms with van der Waals surface area (Å²) in [5.41, 5.74) is 2.55. The van der Waals surface area contributed by atoms with Gasteiger partial charge in [-0.1, -0.05) is 45.0 Å². The van der Waals surface area contributed by atoms with Crippen molar-refractivity contribution in [1.82, 2.24) is 0 Å². The molecule has 20 heavy (non-hydrogen) atoms. The molecule has 2 aromatic carbocycles. The molecule has 0 saturated carbocycles. The quantitative estimate of drug-likeness (QED) is 0.863. The van der Waals surface area contributed by atoms with Crippen LogP contribution in [0, 0.1) is 5.41 Å². The van der Waals surface area contributed by atoms with Gasteiger partial charge in [-0.05, 0) is 53.1 Å². The summed E-state index contributed by atoms with van der Waals surface area (Å²) in [5.74, 6) is 0.948. The van der Waals surface area contributed by atoms with E-state index in [1.807, 2.05) is 24.3 Å². The molecule has 0 fully saturated rings. The maximum Gasteiger partial charge on any atom is 0.115 e. The second kappa shape index (κ2) is 5.58. The lowest BCUT2D eigenvalue weighted by Gasteiger charge is -2.31. The smallest absolute Gasteiger partial charge is 0.115 e. The molecule has 1 unspecified atom stereocenters. The number of hydrogen-bond acceptors (Lipinski definition) is 2. The second-order valence-corrected chi connectivity index (χ2v) is 6.38. The van der Waals surface area contributed by atoms with Gasteiger partial charge in [-0.2, -0.15) is 0 Å². The maximum absolute atomic E-state index is 9.43. The number of phenolic OH excluding ortho intramolecular Hbond substituents is 2. The first-order chi connectivity index (χ1) is 9.36. The van der Waals surface area contributed by atoms with Gasteiger partial charge >= 0.3 is 0 Å². The summed E-state index contributed by atoms with van der Waals surface area (Å²) in [6, 6.07) is 14.9. The largest absolute Gasteiger partial charge is 0.508 e. The lowest BCUT2D eigenvalue weighted by atomic mass is 9.73. The van der Waals surface area contributed by atoms with Crippen LogP contribution in [0.3, 0.4) is 0 Å². The summed E-state index contributed by atoms with van der Waals surface area (Å²) < 4.78 is 0. The van der Waals surface area contributed by atoms with Gasteiger partial charge in [0.05, 0.1) is 0 Å². The molecular weight excluding hydrogens is 248 g/mol. The summed E-state index contributed by atoms with van der Waals surface area (Å²) in [4.78, 5) is 0. The van der Waals surface area contributed by atoms with Gasteiger partial charge in [0, 0.05) is 0 Å². The Kier molecular flexibility index (Phi) is 4.03. The third-order valence-corrected chi connectivity index (χ3v) is 3.72. The minimum absolute atomic E-state index is 0.120. The lowest BCUT2D eigenvalue weighted by molar-refractivity contribution is 0.317. The van der Waals surface area contributed by atoms with E-state index in [1.54, 1.807) is 24.3 Å². The Labute approximate surface area is 120 Å². The second-order valence-electron chi connectivity index (χ2n) is 6.38. The van der Waals surface area contributed by atoms with Gasteiger partial charge in [0.25, 0.3) is 0 Å². The highest BCUT2D eigenvalue weighted by Crippen LogP contribution is 2.38. The minimum atomic E-state index is 0.120. The van der Waals surface area contributed by atoms with Gasteiger partial charge in [-0.3, -0.25) is 0 Å². The predicted molar refractivity (Wildman–Crippen MR) is 82.1 cm³/mol. The summed E-state index contributed by atoms with van der Waals surface area (Å²) in [6.45, 7) is 6.68. The summed E-state index contributed by atoms with van der Waals surface area (Å²) >= 11 is 0. The molecule has 2 N–H and O–H groups in total. The van der Waals surface area contributed by atoms with Crippen LogP contribution >= 0.6 is 0 Å². The molecule has 0 aliphatic rings. The van der Waals surface area contributed by atoms with Crippen molar-refractivity contribution in [3.8, 4) is 11.5 Å². The first-order valence-electron chi connectivity index (χ1n) is 6.93. The first kappa shape index (κ1) is 14.4. The molecule has 0 radical (unpaired) electrons. The van der Waals surface area contributed by atoms with E-state index in [2.05, 4.69) is 20.8 Å². The van der Waals surface area contributed by atoms with Crippen molar-refractivity contribution in [2.45, 2.75) is 33.1 Å². The van der Waals surface area contributed by atoms with Gasteiger partial charge in [-0.15, -0.1) is 0 Å². The van der Waals surface area contributed by atoms with Crippen molar-refractivity contribution in [3.05, 3.63) is 59.7 Å². The van der Waals surface area contributed by atoms with Crippen LogP contribution in [-0.4, -0.2) is 10.2 Å². The van der Waals surface area contributed by atoms with E-state index in [9.17, 15) is 10.2 Å². The number of benzene rings is 2. The SMILES string of the molecule is CC(C)(C)C(Cc1ccc(O)cc1)c1ccc(O)cc1. The zero-order valence-corrected chi connectivity index (χ0v) is 12.3. The zero-order chi connectivity index (χ0) is 14.8. The highest BCUT2D eigenvalue weighted by atomic mass is 16.3. The molecule has 2 aromatic rings. The minimum Gasteiger partial charge on any atom is -0.508 e. The first-order valence-corrected chi connectivity index (χ1v) is 6.93. The topological polar surface area (TPSA) is 40.5 Å². The van der Waals surface area contributed by atoms with Crippen LogP contribution in [0.25, 0.3) is 0 Å². The van der Waals surface area contributed by atoms with Crippen LogP contribution in [0.4, 0.5) is 0 Å². The molecule has 0 saturated heterocycles. The molecule has 1 atom stereocenters. The normalized spacial score (nSPS) is 13.2. The van der Waals surface area contributed by atoms with Gasteiger partial charge in [-0.25, -0.2) is 0 Å². The maximum atomic E-state index is 9.43. The van der Waals surface area contributed by atoms with Crippen molar-refractivity contribution in [2.75, 3.05) is 0 Å². The third-order valence-electron chi connectivity index (χ3n) is 3.72. The molecule has 2 nitrogen and oxygen atoms in total. The highest BCUT2D eigenvalue weighted by molar-refractivity contribution is 5.32. The zero-order valence-electron chi connectivity index (χ0n) is 12.3. The van der Waals surface area contributed by atoms with E-state index < -0.39 is 0 Å². The van der Waals surface area contributed by atoms with E-state index >= 15 is 0 Å². The van der Waals surface area contributed by atoms with Crippen LogP contribution in [-0.2, 0) is 6.42 Å². The monoisotopic (exact) mass is 270 g/mol. The fourth-order valence-electron chi connectivity index (χ4n) is 2.50. The van der Waals surface area contributed by atoms with Crippen LogP contribution in [0.5, 0.6) is 11.5 Å². The van der Waals surface area contributed by atoms with Crippen LogP contribution in [0.2, 0.25) is 0 Å². The predicted octanol–water partition coefficient (Wildman–Crippen LogP) is 4.47. The van der Waals surface area contributed by atoms with Crippen molar-refractivity contribution in [3.63, 3.8) is 0 Å². The fraction of sp³-hybridized carbons (Fsp3) is 0.333. The number of hydrogen-bond donors (Lipinski definition) is 2. The molecule has 0 aliphatic carbocycles. The number of phenols is 2. The standard InChI is InChI=1S/C18H22O2/c1-18(2,3)17(14-6-10-16(20)11-7-14)12-13-4-8-15(19)9-5-13/h4-11,17,19-20H,12H2,1-3H3. The van der Waals surface area contributed by atoms with Crippen molar-refractivity contribution < 1.29 is 10.2 Å². The number of rotatable bonds is 3. The average molecular weight is 270 g/mol. The average Bonchev–Trinajstić information content (AvgIpc) is 2.38. The van der Waals surface area contributed by atoms with Gasteiger partial charge in [0.1, 0.15) is 11.5 Å². The molecule has 0 aromatic heterocycles. The Morgan fingerprint density at radius 3 is 1.70 bits per heavy atom. The van der Waals surface area contributed by atoms with Gasteiger partial charge in [0.2, 0.25) is 0 Å². The Morgan fingerprint density at radius 1 is 0.800 bits per heavy atom. The van der Waals surface area contributed by atoms with Crippen molar-refractivity contribution in [1.29, 1.82) is 0 Å². The van der Waals surface area contributed by atoms with Crippen LogP contribution in [0.15, 0.2) is 48.5 Å². The molecule has 0 heterocycles. The van der Waals surface area contributed by atoms with Crippen molar-refractivity contribution >= 4 is 0 Å². The molecule has 2 heteroatoms. The Balaban J connectivity index is 2.29. The molecule has 106 valence electrons. The molecular formula is C18H22O2. The molecule has 2 rings (SSSR count). The van der Waals surface area contributed by atoms with E-state index in [0.29, 0.717) is 17.4 Å². The van der Waals surface area contributed by atoms with E-state index in [4.69, 9.17) is 0 Å². The summed E-state index contributed by atoms with van der Waals surface area (Å²) in [5, 5.41) is 18.8. The molecule has 0 amide bonds. The van der Waals surface area contributed by atoms with E-state index in [1.165, 1.54) is 11.1 Å². The van der Waals surface area contributed by atoms with Crippen LogP contribution < -0.4 is 0 Å². The molecule has 0 spiro atoms. The highest BCUT2D eigenvalue weighted by Gasteiger charge is 2.26. The van der Waals surface area contributed by atoms with Crippen molar-refractivity contribution in [2.24, 2.45) is 5.41 Å². The van der Waals surface area contributed by atoms with E-state index in [0.717, 1.165) is 6.42 Å². The molecule has 0 aliphatic heterocycles. The third kappa shape index (κ3) is 3.53. The summed E-state index contributed by atoms with van der Waals surface area (Å²) in [7, 11) is 0. The fourth-order valence-corrected chi connectivity index (χ4v) is 2.50. The Bertz CT molecular complexity index is 547. The van der Waals surface area contributed by atoms with Gasteiger partial charge in [0.15, 0.2) is 0 Å².